The molecule has 1 aromatic carbocycles. The van der Waals surface area contributed by atoms with Crippen LogP contribution >= 0.6 is 11.6 Å². The van der Waals surface area contributed by atoms with E-state index in [-0.39, 0.29) is 22.3 Å². The third-order valence-electron chi connectivity index (χ3n) is 2.45. The normalized spacial score (nSPS) is 12.7. The monoisotopic (exact) mass is 273 g/mol. The number of benzene rings is 1. The summed E-state index contributed by atoms with van der Waals surface area (Å²) in [6, 6.07) is 1.37. The molecule has 0 radical (unpaired) electrons. The Labute approximate surface area is 107 Å². The lowest BCUT2D eigenvalue weighted by Crippen LogP contribution is -2.10. The highest BCUT2D eigenvalue weighted by Crippen LogP contribution is 2.27. The standard InChI is InChI=1S/C11H10ClF2N3O/c1-2-9(15)10-16-11(18-17-10)5-3-8(14)6(12)4-7(5)13/h3-4,9H,2,15H2,1H3. The molecule has 0 fully saturated rings. The van der Waals surface area contributed by atoms with Gasteiger partial charge in [-0.05, 0) is 18.6 Å². The lowest BCUT2D eigenvalue weighted by molar-refractivity contribution is 0.412. The van der Waals surface area contributed by atoms with E-state index in [0.717, 1.165) is 12.1 Å². The molecular weight excluding hydrogens is 264 g/mol. The average molecular weight is 274 g/mol. The molecule has 18 heavy (non-hydrogen) atoms. The van der Waals surface area contributed by atoms with Crippen LogP contribution in [0.1, 0.15) is 25.2 Å². The van der Waals surface area contributed by atoms with E-state index < -0.39 is 17.7 Å². The molecule has 0 aliphatic carbocycles. The van der Waals surface area contributed by atoms with Crippen LogP contribution in [0.25, 0.3) is 11.5 Å². The van der Waals surface area contributed by atoms with E-state index in [1.54, 1.807) is 0 Å². The highest BCUT2D eigenvalue weighted by atomic mass is 35.5. The molecule has 0 saturated heterocycles. The Morgan fingerprint density at radius 3 is 2.78 bits per heavy atom. The Balaban J connectivity index is 2.43. The minimum absolute atomic E-state index is 0.123. The number of halogens is 3. The summed E-state index contributed by atoms with van der Waals surface area (Å²) in [6.07, 6.45) is 0.608. The molecule has 0 aliphatic heterocycles. The van der Waals surface area contributed by atoms with E-state index in [0.29, 0.717) is 6.42 Å². The zero-order valence-corrected chi connectivity index (χ0v) is 10.2. The van der Waals surface area contributed by atoms with Gasteiger partial charge in [-0.2, -0.15) is 4.98 Å². The van der Waals surface area contributed by atoms with E-state index in [9.17, 15) is 8.78 Å². The van der Waals surface area contributed by atoms with Crippen molar-refractivity contribution in [1.82, 2.24) is 10.1 Å². The Morgan fingerprint density at radius 1 is 1.39 bits per heavy atom. The number of hydrogen-bond donors (Lipinski definition) is 1. The second-order valence-electron chi connectivity index (χ2n) is 3.72. The first-order valence-corrected chi connectivity index (χ1v) is 5.64. The Hall–Kier alpha value is -1.53. The fourth-order valence-electron chi connectivity index (χ4n) is 1.36. The molecule has 0 spiro atoms. The van der Waals surface area contributed by atoms with Crippen molar-refractivity contribution >= 4 is 11.6 Å². The van der Waals surface area contributed by atoms with E-state index in [1.165, 1.54) is 0 Å². The van der Waals surface area contributed by atoms with Crippen LogP contribution in [0.5, 0.6) is 0 Å². The van der Waals surface area contributed by atoms with Gasteiger partial charge in [-0.25, -0.2) is 8.78 Å². The van der Waals surface area contributed by atoms with Crippen LogP contribution in [0.3, 0.4) is 0 Å². The van der Waals surface area contributed by atoms with Crippen molar-refractivity contribution in [3.63, 3.8) is 0 Å². The largest absolute Gasteiger partial charge is 0.334 e. The maximum absolute atomic E-state index is 13.6. The summed E-state index contributed by atoms with van der Waals surface area (Å²) in [5.74, 6) is -1.36. The molecule has 0 aliphatic rings. The lowest BCUT2D eigenvalue weighted by Gasteiger charge is -2.00. The fourth-order valence-corrected chi connectivity index (χ4v) is 1.51. The molecule has 1 aromatic heterocycles. The van der Waals surface area contributed by atoms with Gasteiger partial charge in [-0.1, -0.05) is 23.7 Å². The molecule has 2 N–H and O–H groups in total. The molecule has 96 valence electrons. The van der Waals surface area contributed by atoms with Crippen LogP contribution in [-0.2, 0) is 0 Å². The highest BCUT2D eigenvalue weighted by Gasteiger charge is 2.18. The van der Waals surface area contributed by atoms with E-state index >= 15 is 0 Å². The van der Waals surface area contributed by atoms with Gasteiger partial charge in [0.15, 0.2) is 5.82 Å². The van der Waals surface area contributed by atoms with Crippen molar-refractivity contribution in [2.75, 3.05) is 0 Å². The highest BCUT2D eigenvalue weighted by molar-refractivity contribution is 6.30. The third kappa shape index (κ3) is 2.34. The summed E-state index contributed by atoms with van der Waals surface area (Å²) in [5, 5.41) is 3.32. The number of aromatic nitrogens is 2. The maximum atomic E-state index is 13.6. The summed E-state index contributed by atoms with van der Waals surface area (Å²) in [4.78, 5) is 3.93. The Kier molecular flexibility index (Phi) is 3.58. The fraction of sp³-hybridized carbons (Fsp3) is 0.273. The summed E-state index contributed by atoms with van der Waals surface area (Å²) in [6.45, 7) is 1.85. The van der Waals surface area contributed by atoms with Gasteiger partial charge in [-0.3, -0.25) is 0 Å². The minimum atomic E-state index is -0.757. The SMILES string of the molecule is CCC(N)c1noc(-c2cc(F)c(Cl)cc2F)n1. The predicted molar refractivity (Wildman–Crippen MR) is 61.9 cm³/mol. The zero-order chi connectivity index (χ0) is 13.3. The summed E-state index contributed by atoms with van der Waals surface area (Å²) in [7, 11) is 0. The zero-order valence-electron chi connectivity index (χ0n) is 9.45. The summed E-state index contributed by atoms with van der Waals surface area (Å²) < 4.78 is 31.7. The quantitative estimate of drug-likeness (QED) is 0.873. The molecular formula is C11H10ClF2N3O. The smallest absolute Gasteiger partial charge is 0.261 e. The number of rotatable bonds is 3. The van der Waals surface area contributed by atoms with Crippen molar-refractivity contribution in [3.05, 3.63) is 34.6 Å². The summed E-state index contributed by atoms with van der Waals surface area (Å²) >= 11 is 5.45. The van der Waals surface area contributed by atoms with Crippen LogP contribution in [0.4, 0.5) is 8.78 Å². The Bertz CT molecular complexity index is 573. The number of nitrogens with two attached hydrogens (primary N) is 1. The molecule has 2 aromatic rings. The van der Waals surface area contributed by atoms with Crippen LogP contribution in [-0.4, -0.2) is 10.1 Å². The molecule has 0 saturated carbocycles. The Morgan fingerprint density at radius 2 is 2.11 bits per heavy atom. The molecule has 1 heterocycles. The van der Waals surface area contributed by atoms with Crippen molar-refractivity contribution in [2.24, 2.45) is 5.73 Å². The lowest BCUT2D eigenvalue weighted by atomic mass is 10.2. The van der Waals surface area contributed by atoms with Crippen molar-refractivity contribution in [3.8, 4) is 11.5 Å². The van der Waals surface area contributed by atoms with Crippen LogP contribution in [0, 0.1) is 11.6 Å². The van der Waals surface area contributed by atoms with Crippen LogP contribution in [0.2, 0.25) is 5.02 Å². The first-order valence-electron chi connectivity index (χ1n) is 5.27. The number of nitrogens with zero attached hydrogens (tertiary/aromatic N) is 2. The average Bonchev–Trinajstić information content (AvgIpc) is 2.82. The van der Waals surface area contributed by atoms with E-state index in [4.69, 9.17) is 21.9 Å². The van der Waals surface area contributed by atoms with Gasteiger partial charge >= 0.3 is 0 Å². The van der Waals surface area contributed by atoms with Gasteiger partial charge in [0.2, 0.25) is 0 Å². The van der Waals surface area contributed by atoms with E-state index in [2.05, 4.69) is 10.1 Å². The first-order chi connectivity index (χ1) is 8.52. The molecule has 1 unspecified atom stereocenters. The van der Waals surface area contributed by atoms with Crippen LogP contribution < -0.4 is 5.73 Å². The van der Waals surface area contributed by atoms with Gasteiger partial charge in [-0.15, -0.1) is 0 Å². The van der Waals surface area contributed by atoms with Gasteiger partial charge < -0.3 is 10.3 Å². The van der Waals surface area contributed by atoms with Crippen molar-refractivity contribution in [2.45, 2.75) is 19.4 Å². The van der Waals surface area contributed by atoms with Gasteiger partial charge in [0, 0.05) is 0 Å². The molecule has 4 nitrogen and oxygen atoms in total. The third-order valence-corrected chi connectivity index (χ3v) is 2.74. The second kappa shape index (κ2) is 4.99. The second-order valence-corrected chi connectivity index (χ2v) is 4.13. The molecule has 0 amide bonds. The summed E-state index contributed by atoms with van der Waals surface area (Å²) in [5.41, 5.74) is 5.56. The number of hydrogen-bond acceptors (Lipinski definition) is 4. The topological polar surface area (TPSA) is 64.9 Å². The first kappa shape index (κ1) is 12.9. The maximum Gasteiger partial charge on any atom is 0.261 e. The molecule has 1 atom stereocenters. The molecule has 0 bridgehead atoms. The van der Waals surface area contributed by atoms with Gasteiger partial charge in [0.25, 0.3) is 5.89 Å². The molecule has 2 rings (SSSR count). The van der Waals surface area contributed by atoms with E-state index in [1.807, 2.05) is 6.92 Å². The van der Waals surface area contributed by atoms with Crippen molar-refractivity contribution < 1.29 is 13.3 Å². The predicted octanol–water partition coefficient (Wildman–Crippen LogP) is 3.08. The van der Waals surface area contributed by atoms with Gasteiger partial charge in [0.1, 0.15) is 11.6 Å². The van der Waals surface area contributed by atoms with Crippen LogP contribution in [0.15, 0.2) is 16.7 Å². The molecule has 7 heteroatoms. The van der Waals surface area contributed by atoms with Gasteiger partial charge in [0.05, 0.1) is 16.6 Å². The van der Waals surface area contributed by atoms with Crippen molar-refractivity contribution in [1.29, 1.82) is 0 Å². The minimum Gasteiger partial charge on any atom is -0.334 e.